The molecule has 0 aliphatic carbocycles. The third kappa shape index (κ3) is 6.18. The van der Waals surface area contributed by atoms with Crippen LogP contribution in [-0.4, -0.2) is 48.1 Å². The van der Waals surface area contributed by atoms with E-state index in [-0.39, 0.29) is 0 Å². The Morgan fingerprint density at radius 1 is 0.848 bits per heavy atom. The van der Waals surface area contributed by atoms with Gasteiger partial charge in [0.05, 0.1) is 17.2 Å². The van der Waals surface area contributed by atoms with E-state index >= 15 is 0 Å². The highest BCUT2D eigenvalue weighted by molar-refractivity contribution is 7.80. The third-order valence-corrected chi connectivity index (χ3v) is 6.93. The molecule has 0 aromatic heterocycles. The normalized spacial score (nSPS) is 14.2. The van der Waals surface area contributed by atoms with Crippen molar-refractivity contribution in [1.29, 1.82) is 0 Å². The number of thiocarbonyl (C=S) groups is 1. The van der Waals surface area contributed by atoms with E-state index in [1.165, 1.54) is 5.56 Å². The Bertz CT molecular complexity index is 1100. The van der Waals surface area contributed by atoms with Crippen LogP contribution in [0.4, 0.5) is 0 Å². The lowest BCUT2D eigenvalue weighted by Gasteiger charge is -2.36. The van der Waals surface area contributed by atoms with Crippen molar-refractivity contribution in [3.8, 4) is 11.5 Å². The monoisotopic (exact) mass is 500 g/mol. The zero-order valence-corrected chi connectivity index (χ0v) is 20.8. The van der Waals surface area contributed by atoms with Crippen molar-refractivity contribution in [2.45, 2.75) is 13.2 Å². The molecular formula is C26H26Cl2N2O2S. The SMILES string of the molecule is COc1cc(C(=S)N2CCN(Cc3ccccc3)CC2)ccc1OCc1ccc(Cl)c(Cl)c1. The van der Waals surface area contributed by atoms with Gasteiger partial charge in [-0.2, -0.15) is 0 Å². The summed E-state index contributed by atoms with van der Waals surface area (Å²) in [4.78, 5) is 5.57. The third-order valence-electron chi connectivity index (χ3n) is 5.70. The Labute approximate surface area is 210 Å². The Balaban J connectivity index is 1.35. The zero-order chi connectivity index (χ0) is 23.2. The average Bonchev–Trinajstić information content (AvgIpc) is 2.85. The molecule has 3 aromatic rings. The molecule has 0 bridgehead atoms. The maximum atomic E-state index is 6.10. The second-order valence-corrected chi connectivity index (χ2v) is 9.16. The average molecular weight is 501 g/mol. The number of nitrogens with zero attached hydrogens (tertiary/aromatic N) is 2. The lowest BCUT2D eigenvalue weighted by atomic mass is 10.1. The van der Waals surface area contributed by atoms with E-state index < -0.39 is 0 Å². The van der Waals surface area contributed by atoms with E-state index in [9.17, 15) is 0 Å². The minimum Gasteiger partial charge on any atom is -0.493 e. The predicted molar refractivity (Wildman–Crippen MR) is 139 cm³/mol. The summed E-state index contributed by atoms with van der Waals surface area (Å²) in [6.45, 7) is 5.11. The van der Waals surface area contributed by atoms with E-state index in [2.05, 4.69) is 40.1 Å². The van der Waals surface area contributed by atoms with Crippen LogP contribution in [0.25, 0.3) is 0 Å². The summed E-state index contributed by atoms with van der Waals surface area (Å²) in [5, 5.41) is 1.03. The number of benzene rings is 3. The van der Waals surface area contributed by atoms with Crippen LogP contribution in [0.2, 0.25) is 10.0 Å². The van der Waals surface area contributed by atoms with Gasteiger partial charge in [-0.05, 0) is 41.5 Å². The smallest absolute Gasteiger partial charge is 0.161 e. The largest absolute Gasteiger partial charge is 0.493 e. The summed E-state index contributed by atoms with van der Waals surface area (Å²) in [7, 11) is 1.64. The highest BCUT2D eigenvalue weighted by atomic mass is 35.5. The van der Waals surface area contributed by atoms with Crippen LogP contribution < -0.4 is 9.47 Å². The molecule has 1 aliphatic rings. The van der Waals surface area contributed by atoms with E-state index in [0.717, 1.165) is 48.8 Å². The van der Waals surface area contributed by atoms with E-state index in [0.29, 0.717) is 28.2 Å². The van der Waals surface area contributed by atoms with Gasteiger partial charge in [0.2, 0.25) is 0 Å². The molecule has 0 atom stereocenters. The number of methoxy groups -OCH3 is 1. The summed E-state index contributed by atoms with van der Waals surface area (Å²) in [6.07, 6.45) is 0. The summed E-state index contributed by atoms with van der Waals surface area (Å²) in [6, 6.07) is 21.9. The molecule has 4 nitrogen and oxygen atoms in total. The Morgan fingerprint density at radius 3 is 2.30 bits per heavy atom. The molecule has 0 amide bonds. The van der Waals surface area contributed by atoms with Crippen LogP contribution in [0.1, 0.15) is 16.7 Å². The summed E-state index contributed by atoms with van der Waals surface area (Å²) < 4.78 is 11.5. The van der Waals surface area contributed by atoms with Gasteiger partial charge in [-0.1, -0.05) is 71.8 Å². The van der Waals surface area contributed by atoms with Crippen LogP contribution in [0.15, 0.2) is 66.7 Å². The Morgan fingerprint density at radius 2 is 1.61 bits per heavy atom. The summed E-state index contributed by atoms with van der Waals surface area (Å²) in [5.41, 5.74) is 3.23. The first-order valence-electron chi connectivity index (χ1n) is 10.8. The maximum Gasteiger partial charge on any atom is 0.161 e. The first kappa shape index (κ1) is 23.8. The van der Waals surface area contributed by atoms with Gasteiger partial charge >= 0.3 is 0 Å². The van der Waals surface area contributed by atoms with Crippen LogP contribution >= 0.6 is 35.4 Å². The van der Waals surface area contributed by atoms with E-state index in [1.54, 1.807) is 19.2 Å². The molecule has 3 aromatic carbocycles. The van der Waals surface area contributed by atoms with Crippen LogP contribution in [-0.2, 0) is 13.2 Å². The molecule has 0 N–H and O–H groups in total. The predicted octanol–water partition coefficient (Wildman–Crippen LogP) is 6.07. The Hall–Kier alpha value is -2.31. The molecule has 33 heavy (non-hydrogen) atoms. The molecule has 0 spiro atoms. The number of rotatable bonds is 7. The fourth-order valence-electron chi connectivity index (χ4n) is 3.84. The van der Waals surface area contributed by atoms with Crippen molar-refractivity contribution >= 4 is 40.4 Å². The van der Waals surface area contributed by atoms with Crippen molar-refractivity contribution in [2.75, 3.05) is 33.3 Å². The molecule has 0 radical (unpaired) electrons. The van der Waals surface area contributed by atoms with Gasteiger partial charge in [-0.3, -0.25) is 4.90 Å². The van der Waals surface area contributed by atoms with Gasteiger partial charge in [-0.25, -0.2) is 0 Å². The van der Waals surface area contributed by atoms with Crippen LogP contribution in [0.3, 0.4) is 0 Å². The maximum absolute atomic E-state index is 6.10. The molecule has 1 fully saturated rings. The highest BCUT2D eigenvalue weighted by Crippen LogP contribution is 2.30. The van der Waals surface area contributed by atoms with Crippen molar-refractivity contribution in [3.05, 3.63) is 93.5 Å². The molecular weight excluding hydrogens is 475 g/mol. The number of piperazine rings is 1. The number of ether oxygens (including phenoxy) is 2. The Kier molecular flexibility index (Phi) is 8.10. The van der Waals surface area contributed by atoms with Crippen LogP contribution in [0.5, 0.6) is 11.5 Å². The topological polar surface area (TPSA) is 24.9 Å². The van der Waals surface area contributed by atoms with Gasteiger partial charge in [0, 0.05) is 38.3 Å². The second-order valence-electron chi connectivity index (χ2n) is 7.96. The van der Waals surface area contributed by atoms with Crippen molar-refractivity contribution in [3.63, 3.8) is 0 Å². The summed E-state index contributed by atoms with van der Waals surface area (Å²) >= 11 is 17.9. The fraction of sp³-hybridized carbons (Fsp3) is 0.269. The van der Waals surface area contributed by atoms with Gasteiger partial charge in [0.15, 0.2) is 11.5 Å². The van der Waals surface area contributed by atoms with Crippen LogP contribution in [0, 0.1) is 0 Å². The quantitative estimate of drug-likeness (QED) is 0.366. The van der Waals surface area contributed by atoms with Crippen molar-refractivity contribution in [2.24, 2.45) is 0 Å². The first-order chi connectivity index (χ1) is 16.0. The van der Waals surface area contributed by atoms with Gasteiger partial charge in [-0.15, -0.1) is 0 Å². The molecule has 1 saturated heterocycles. The lowest BCUT2D eigenvalue weighted by molar-refractivity contribution is 0.177. The number of hydrogen-bond donors (Lipinski definition) is 0. The molecule has 1 heterocycles. The van der Waals surface area contributed by atoms with Crippen molar-refractivity contribution in [1.82, 2.24) is 9.80 Å². The molecule has 4 rings (SSSR count). The standard InChI is InChI=1S/C26H26Cl2N2O2S/c1-31-25-16-21(8-10-24(25)32-18-20-7-9-22(27)23(28)15-20)26(33)30-13-11-29(12-14-30)17-19-5-3-2-4-6-19/h2-10,15-16H,11-14,17-18H2,1H3. The van der Waals surface area contributed by atoms with E-state index in [4.69, 9.17) is 44.9 Å². The lowest BCUT2D eigenvalue weighted by Crippen LogP contribution is -2.48. The number of halogens is 2. The molecule has 172 valence electrons. The first-order valence-corrected chi connectivity index (χ1v) is 12.0. The van der Waals surface area contributed by atoms with E-state index in [1.807, 2.05) is 24.3 Å². The van der Waals surface area contributed by atoms with Gasteiger partial charge in [0.1, 0.15) is 11.6 Å². The molecule has 1 aliphatic heterocycles. The summed E-state index contributed by atoms with van der Waals surface area (Å²) in [5.74, 6) is 1.31. The highest BCUT2D eigenvalue weighted by Gasteiger charge is 2.21. The number of hydrogen-bond acceptors (Lipinski definition) is 4. The van der Waals surface area contributed by atoms with Gasteiger partial charge < -0.3 is 14.4 Å². The molecule has 7 heteroatoms. The minimum absolute atomic E-state index is 0.362. The van der Waals surface area contributed by atoms with Crippen molar-refractivity contribution < 1.29 is 9.47 Å². The minimum atomic E-state index is 0.362. The van der Waals surface area contributed by atoms with Gasteiger partial charge in [0.25, 0.3) is 0 Å². The fourth-order valence-corrected chi connectivity index (χ4v) is 4.47. The molecule has 0 saturated carbocycles. The second kappa shape index (κ2) is 11.2. The molecule has 0 unspecified atom stereocenters. The zero-order valence-electron chi connectivity index (χ0n) is 18.5.